The van der Waals surface area contributed by atoms with Gasteiger partial charge in [0.25, 0.3) is 0 Å². The molecule has 3 rings (SSSR count). The number of para-hydroxylation sites is 1. The molecule has 2 bridgehead atoms. The molecular weight excluding hydrogens is 258 g/mol. The van der Waals surface area contributed by atoms with Crippen molar-refractivity contribution in [2.45, 2.75) is 45.2 Å². The summed E-state index contributed by atoms with van der Waals surface area (Å²) in [5.74, 6) is 3.23. The van der Waals surface area contributed by atoms with Gasteiger partial charge in [0.1, 0.15) is 5.75 Å². The van der Waals surface area contributed by atoms with Gasteiger partial charge in [0.15, 0.2) is 0 Å². The van der Waals surface area contributed by atoms with Crippen molar-refractivity contribution in [1.82, 2.24) is 5.32 Å². The van der Waals surface area contributed by atoms with E-state index < -0.39 is 0 Å². The van der Waals surface area contributed by atoms with Gasteiger partial charge in [0.2, 0.25) is 0 Å². The fraction of sp³-hybridized carbons (Fsp3) is 0.625. The highest BCUT2D eigenvalue weighted by molar-refractivity contribution is 5.85. The number of hydrogen-bond acceptors (Lipinski definition) is 2. The minimum atomic E-state index is 0. The van der Waals surface area contributed by atoms with E-state index >= 15 is 0 Å². The summed E-state index contributed by atoms with van der Waals surface area (Å²) in [5, 5.41) is 13.4. The van der Waals surface area contributed by atoms with Crippen LogP contribution >= 0.6 is 12.4 Å². The van der Waals surface area contributed by atoms with Crippen LogP contribution in [0.25, 0.3) is 0 Å². The molecule has 4 atom stereocenters. The standard InChI is InChI=1S/C16H23NO.ClH/c1-11(15-9-12-6-7-13(15)8-12)17-10-14-4-2-3-5-16(14)18;/h2-5,11-13,15,17-18H,6-10H2,1H3;1H. The molecule has 1 aromatic rings. The SMILES string of the molecule is CC(NCc1ccccc1O)C1CC2CCC1C2.Cl. The summed E-state index contributed by atoms with van der Waals surface area (Å²) in [6.45, 7) is 3.09. The first-order valence-electron chi connectivity index (χ1n) is 7.24. The number of rotatable bonds is 4. The van der Waals surface area contributed by atoms with Crippen LogP contribution in [0.2, 0.25) is 0 Å². The Bertz CT molecular complexity index is 423. The predicted octanol–water partition coefficient (Wildman–Crippen LogP) is 3.73. The van der Waals surface area contributed by atoms with Crippen molar-refractivity contribution in [3.8, 4) is 5.75 Å². The minimum absolute atomic E-state index is 0. The molecule has 0 saturated heterocycles. The Morgan fingerprint density at radius 3 is 2.68 bits per heavy atom. The Labute approximate surface area is 122 Å². The smallest absolute Gasteiger partial charge is 0.120 e. The fourth-order valence-corrected chi connectivity index (χ4v) is 3.99. The number of hydrogen-bond donors (Lipinski definition) is 2. The van der Waals surface area contributed by atoms with Crippen molar-refractivity contribution in [2.75, 3.05) is 0 Å². The number of nitrogens with one attached hydrogen (secondary N) is 1. The van der Waals surface area contributed by atoms with Gasteiger partial charge in [-0.3, -0.25) is 0 Å². The zero-order valence-electron chi connectivity index (χ0n) is 11.5. The summed E-state index contributed by atoms with van der Waals surface area (Å²) in [7, 11) is 0. The lowest BCUT2D eigenvalue weighted by molar-refractivity contribution is 0.259. The van der Waals surface area contributed by atoms with Crippen LogP contribution in [0.5, 0.6) is 5.75 Å². The van der Waals surface area contributed by atoms with Gasteiger partial charge in [-0.05, 0) is 50.0 Å². The van der Waals surface area contributed by atoms with Gasteiger partial charge in [0, 0.05) is 18.2 Å². The highest BCUT2D eigenvalue weighted by Gasteiger charge is 2.41. The van der Waals surface area contributed by atoms with Crippen molar-refractivity contribution < 1.29 is 5.11 Å². The predicted molar refractivity (Wildman–Crippen MR) is 80.6 cm³/mol. The van der Waals surface area contributed by atoms with Gasteiger partial charge in [-0.25, -0.2) is 0 Å². The Morgan fingerprint density at radius 2 is 2.05 bits per heavy atom. The van der Waals surface area contributed by atoms with E-state index in [0.29, 0.717) is 11.8 Å². The van der Waals surface area contributed by atoms with Gasteiger partial charge < -0.3 is 10.4 Å². The number of phenols is 1. The van der Waals surface area contributed by atoms with E-state index in [1.54, 1.807) is 6.07 Å². The van der Waals surface area contributed by atoms with E-state index in [9.17, 15) is 5.11 Å². The molecule has 2 saturated carbocycles. The van der Waals surface area contributed by atoms with E-state index in [1.807, 2.05) is 18.2 Å². The molecular formula is C16H24ClNO. The highest BCUT2D eigenvalue weighted by Crippen LogP contribution is 2.49. The molecule has 0 heterocycles. The fourth-order valence-electron chi connectivity index (χ4n) is 3.99. The van der Waals surface area contributed by atoms with Crippen LogP contribution in [-0.4, -0.2) is 11.1 Å². The van der Waals surface area contributed by atoms with Crippen molar-refractivity contribution >= 4 is 12.4 Å². The Hall–Kier alpha value is -0.730. The first-order valence-corrected chi connectivity index (χ1v) is 7.24. The molecule has 3 heteroatoms. The molecule has 0 aromatic heterocycles. The van der Waals surface area contributed by atoms with Gasteiger partial charge in [-0.2, -0.15) is 0 Å². The van der Waals surface area contributed by atoms with Crippen molar-refractivity contribution in [2.24, 2.45) is 17.8 Å². The van der Waals surface area contributed by atoms with Crippen LogP contribution in [0.3, 0.4) is 0 Å². The molecule has 2 aliphatic rings. The Morgan fingerprint density at radius 1 is 1.26 bits per heavy atom. The third-order valence-electron chi connectivity index (χ3n) is 5.04. The topological polar surface area (TPSA) is 32.3 Å². The summed E-state index contributed by atoms with van der Waals surface area (Å²) in [6.07, 6.45) is 5.79. The van der Waals surface area contributed by atoms with E-state index in [0.717, 1.165) is 29.9 Å². The van der Waals surface area contributed by atoms with Crippen LogP contribution in [0.15, 0.2) is 24.3 Å². The van der Waals surface area contributed by atoms with Crippen molar-refractivity contribution in [1.29, 1.82) is 0 Å². The summed E-state index contributed by atoms with van der Waals surface area (Å²) in [6, 6.07) is 8.19. The summed E-state index contributed by atoms with van der Waals surface area (Å²) in [4.78, 5) is 0. The maximum absolute atomic E-state index is 9.75. The maximum Gasteiger partial charge on any atom is 0.120 e. The van der Waals surface area contributed by atoms with E-state index in [2.05, 4.69) is 12.2 Å². The number of halogens is 1. The molecule has 0 amide bonds. The first kappa shape index (κ1) is 14.7. The second-order valence-electron chi connectivity index (χ2n) is 6.14. The van der Waals surface area contributed by atoms with Crippen molar-refractivity contribution in [3.05, 3.63) is 29.8 Å². The average molecular weight is 282 g/mol. The molecule has 0 aliphatic heterocycles. The van der Waals surface area contributed by atoms with Gasteiger partial charge in [-0.1, -0.05) is 24.6 Å². The number of phenolic OH excluding ortho intramolecular Hbond substituents is 1. The molecule has 2 aliphatic carbocycles. The Kier molecular flexibility index (Phi) is 4.75. The summed E-state index contributed by atoms with van der Waals surface area (Å²) < 4.78 is 0. The molecule has 0 spiro atoms. The van der Waals surface area contributed by atoms with Gasteiger partial charge in [-0.15, -0.1) is 12.4 Å². The molecule has 106 valence electrons. The molecule has 2 nitrogen and oxygen atoms in total. The van der Waals surface area contributed by atoms with E-state index in [1.165, 1.54) is 25.7 Å². The normalized spacial score (nSPS) is 30.1. The molecule has 1 aromatic carbocycles. The van der Waals surface area contributed by atoms with Crippen LogP contribution in [0.4, 0.5) is 0 Å². The van der Waals surface area contributed by atoms with Crippen LogP contribution in [0.1, 0.15) is 38.2 Å². The summed E-state index contributed by atoms with van der Waals surface area (Å²) >= 11 is 0. The third-order valence-corrected chi connectivity index (χ3v) is 5.04. The highest BCUT2D eigenvalue weighted by atomic mass is 35.5. The van der Waals surface area contributed by atoms with Crippen LogP contribution in [-0.2, 0) is 6.54 Å². The number of fused-ring (bicyclic) bond motifs is 2. The molecule has 19 heavy (non-hydrogen) atoms. The Balaban J connectivity index is 0.00000133. The molecule has 0 radical (unpaired) electrons. The van der Waals surface area contributed by atoms with E-state index in [4.69, 9.17) is 0 Å². The van der Waals surface area contributed by atoms with Crippen LogP contribution < -0.4 is 5.32 Å². The average Bonchev–Trinajstić information content (AvgIpc) is 2.99. The van der Waals surface area contributed by atoms with E-state index in [-0.39, 0.29) is 12.4 Å². The number of aromatic hydroxyl groups is 1. The summed E-state index contributed by atoms with van der Waals surface area (Å²) in [5.41, 5.74) is 1.01. The lowest BCUT2D eigenvalue weighted by Crippen LogP contribution is -2.35. The first-order chi connectivity index (χ1) is 8.74. The molecule has 4 unspecified atom stereocenters. The van der Waals surface area contributed by atoms with Gasteiger partial charge in [0.05, 0.1) is 0 Å². The second kappa shape index (κ2) is 6.15. The lowest BCUT2D eigenvalue weighted by atomic mass is 9.84. The quantitative estimate of drug-likeness (QED) is 0.881. The van der Waals surface area contributed by atoms with Crippen molar-refractivity contribution in [3.63, 3.8) is 0 Å². The second-order valence-corrected chi connectivity index (χ2v) is 6.14. The monoisotopic (exact) mass is 281 g/mol. The largest absolute Gasteiger partial charge is 0.508 e. The molecule has 2 N–H and O–H groups in total. The van der Waals surface area contributed by atoms with Gasteiger partial charge >= 0.3 is 0 Å². The minimum Gasteiger partial charge on any atom is -0.508 e. The zero-order chi connectivity index (χ0) is 12.5. The molecule has 2 fully saturated rings. The maximum atomic E-state index is 9.75. The van der Waals surface area contributed by atoms with Crippen LogP contribution in [0, 0.1) is 17.8 Å². The number of benzene rings is 1. The lowest BCUT2D eigenvalue weighted by Gasteiger charge is -2.28. The third kappa shape index (κ3) is 3.06. The zero-order valence-corrected chi connectivity index (χ0v) is 12.3.